The zero-order valence-corrected chi connectivity index (χ0v) is 14.2. The number of likely N-dealkylation sites (N-methyl/N-ethyl adjacent to an activating group) is 1. The minimum atomic E-state index is -0.600. The molecule has 2 aromatic rings. The first kappa shape index (κ1) is 17.7. The van der Waals surface area contributed by atoms with Crippen molar-refractivity contribution in [2.75, 3.05) is 13.3 Å². The zero-order valence-electron chi connectivity index (χ0n) is 13.3. The fourth-order valence-electron chi connectivity index (χ4n) is 2.11. The predicted octanol–water partition coefficient (Wildman–Crippen LogP) is 2.14. The Bertz CT molecular complexity index is 802. The monoisotopic (exact) mass is 347 g/mol. The maximum absolute atomic E-state index is 12.3. The number of amides is 1. The molecule has 0 unspecified atom stereocenters. The van der Waals surface area contributed by atoms with Gasteiger partial charge in [0.15, 0.2) is 0 Å². The van der Waals surface area contributed by atoms with Crippen LogP contribution in [0.2, 0.25) is 0 Å². The van der Waals surface area contributed by atoms with Crippen LogP contribution in [0.15, 0.2) is 52.3 Å². The van der Waals surface area contributed by atoms with Crippen LogP contribution < -0.4 is 5.56 Å². The highest BCUT2D eigenvalue weighted by Gasteiger charge is 2.14. The van der Waals surface area contributed by atoms with Crippen molar-refractivity contribution >= 4 is 23.4 Å². The molecular formula is C16H17N3O4S. The van der Waals surface area contributed by atoms with E-state index < -0.39 is 10.5 Å². The van der Waals surface area contributed by atoms with Crippen LogP contribution in [-0.4, -0.2) is 33.6 Å². The van der Waals surface area contributed by atoms with Crippen molar-refractivity contribution in [3.8, 4) is 0 Å². The van der Waals surface area contributed by atoms with E-state index >= 15 is 0 Å². The van der Waals surface area contributed by atoms with Crippen LogP contribution >= 0.6 is 11.8 Å². The minimum Gasteiger partial charge on any atom is -0.340 e. The molecule has 2 rings (SSSR count). The summed E-state index contributed by atoms with van der Waals surface area (Å²) in [6, 6.07) is 10.0. The van der Waals surface area contributed by atoms with E-state index in [2.05, 4.69) is 0 Å². The first-order chi connectivity index (χ1) is 11.4. The highest BCUT2D eigenvalue weighted by atomic mass is 32.2. The molecule has 0 spiro atoms. The van der Waals surface area contributed by atoms with Gasteiger partial charge in [-0.1, -0.05) is 12.1 Å². The first-order valence-corrected chi connectivity index (χ1v) is 8.35. The van der Waals surface area contributed by atoms with Gasteiger partial charge in [0, 0.05) is 30.6 Å². The Kier molecular flexibility index (Phi) is 5.75. The summed E-state index contributed by atoms with van der Waals surface area (Å²) in [5.74, 6) is -0.299. The molecule has 1 amide bonds. The standard InChI is InChI=1S/C16H17N3O4S/c1-17(9-12-3-6-14(24-2)7-4-12)16(21)11-18-10-13(19(22)23)5-8-15(18)20/h3-8,10H,9,11H2,1-2H3. The summed E-state index contributed by atoms with van der Waals surface area (Å²) in [6.07, 6.45) is 3.07. The highest BCUT2D eigenvalue weighted by molar-refractivity contribution is 7.98. The van der Waals surface area contributed by atoms with Crippen molar-refractivity contribution in [1.82, 2.24) is 9.47 Å². The molecule has 8 heteroatoms. The number of carbonyl (C=O) groups excluding carboxylic acids is 1. The Morgan fingerprint density at radius 1 is 1.25 bits per heavy atom. The average molecular weight is 347 g/mol. The molecule has 7 nitrogen and oxygen atoms in total. The van der Waals surface area contributed by atoms with Gasteiger partial charge in [-0.05, 0) is 24.0 Å². The van der Waals surface area contributed by atoms with Crippen molar-refractivity contribution < 1.29 is 9.72 Å². The van der Waals surface area contributed by atoms with Gasteiger partial charge in [0.25, 0.3) is 11.2 Å². The molecule has 24 heavy (non-hydrogen) atoms. The molecule has 0 saturated heterocycles. The van der Waals surface area contributed by atoms with Gasteiger partial charge >= 0.3 is 0 Å². The second kappa shape index (κ2) is 7.78. The summed E-state index contributed by atoms with van der Waals surface area (Å²) < 4.78 is 1.05. The van der Waals surface area contributed by atoms with Gasteiger partial charge in [-0.15, -0.1) is 11.8 Å². The van der Waals surface area contributed by atoms with Crippen LogP contribution in [0.4, 0.5) is 5.69 Å². The largest absolute Gasteiger partial charge is 0.340 e. The summed E-state index contributed by atoms with van der Waals surface area (Å²) in [7, 11) is 1.63. The summed E-state index contributed by atoms with van der Waals surface area (Å²) >= 11 is 1.64. The first-order valence-electron chi connectivity index (χ1n) is 7.12. The van der Waals surface area contributed by atoms with E-state index in [1.165, 1.54) is 4.90 Å². The van der Waals surface area contributed by atoms with Gasteiger partial charge < -0.3 is 4.90 Å². The molecule has 0 saturated carbocycles. The van der Waals surface area contributed by atoms with Crippen LogP contribution in [0.5, 0.6) is 0 Å². The van der Waals surface area contributed by atoms with Gasteiger partial charge in [-0.25, -0.2) is 0 Å². The number of pyridine rings is 1. The highest BCUT2D eigenvalue weighted by Crippen LogP contribution is 2.15. The summed E-state index contributed by atoms with van der Waals surface area (Å²) in [5, 5.41) is 10.8. The molecule has 0 aliphatic rings. The molecule has 1 heterocycles. The molecule has 1 aromatic carbocycles. The Balaban J connectivity index is 2.07. The maximum atomic E-state index is 12.3. The lowest BCUT2D eigenvalue weighted by Crippen LogP contribution is -2.33. The van der Waals surface area contributed by atoms with E-state index in [1.807, 2.05) is 30.5 Å². The third kappa shape index (κ3) is 4.45. The van der Waals surface area contributed by atoms with Crippen LogP contribution in [0.25, 0.3) is 0 Å². The third-order valence-corrected chi connectivity index (χ3v) is 4.23. The lowest BCUT2D eigenvalue weighted by atomic mass is 10.2. The van der Waals surface area contributed by atoms with Crippen LogP contribution in [0.1, 0.15) is 5.56 Å². The van der Waals surface area contributed by atoms with Gasteiger partial charge in [0.2, 0.25) is 5.91 Å². The fraction of sp³-hybridized carbons (Fsp3) is 0.250. The van der Waals surface area contributed by atoms with E-state index in [4.69, 9.17) is 0 Å². The SMILES string of the molecule is CSc1ccc(CN(C)C(=O)Cn2cc([N+](=O)[O-])ccc2=O)cc1. The molecule has 0 N–H and O–H groups in total. The second-order valence-electron chi connectivity index (χ2n) is 5.21. The summed E-state index contributed by atoms with van der Waals surface area (Å²) in [5.41, 5.74) is 0.291. The summed E-state index contributed by atoms with van der Waals surface area (Å²) in [6.45, 7) is 0.164. The Morgan fingerprint density at radius 2 is 1.92 bits per heavy atom. The van der Waals surface area contributed by atoms with Gasteiger partial charge in [0.05, 0.1) is 11.1 Å². The van der Waals surface area contributed by atoms with Crippen molar-refractivity contribution in [1.29, 1.82) is 0 Å². The lowest BCUT2D eigenvalue weighted by Gasteiger charge is -2.18. The number of hydrogen-bond donors (Lipinski definition) is 0. The smallest absolute Gasteiger partial charge is 0.285 e. The van der Waals surface area contributed by atoms with Crippen molar-refractivity contribution in [3.05, 3.63) is 68.6 Å². The zero-order chi connectivity index (χ0) is 17.7. The number of aromatic nitrogens is 1. The van der Waals surface area contributed by atoms with Crippen LogP contribution in [0, 0.1) is 10.1 Å². The third-order valence-electron chi connectivity index (χ3n) is 3.49. The van der Waals surface area contributed by atoms with Crippen LogP contribution in [0.3, 0.4) is 0 Å². The summed E-state index contributed by atoms with van der Waals surface area (Å²) in [4.78, 5) is 36.8. The van der Waals surface area contributed by atoms with Crippen molar-refractivity contribution in [2.45, 2.75) is 18.0 Å². The van der Waals surface area contributed by atoms with Crippen molar-refractivity contribution in [2.24, 2.45) is 0 Å². The molecule has 0 aliphatic carbocycles. The maximum Gasteiger partial charge on any atom is 0.285 e. The van der Waals surface area contributed by atoms with Gasteiger partial charge in [-0.3, -0.25) is 24.3 Å². The molecule has 0 fully saturated rings. The Morgan fingerprint density at radius 3 is 2.50 bits per heavy atom. The topological polar surface area (TPSA) is 85.4 Å². The number of rotatable bonds is 6. The van der Waals surface area contributed by atoms with E-state index in [0.717, 1.165) is 33.4 Å². The minimum absolute atomic E-state index is 0.224. The number of benzene rings is 1. The van der Waals surface area contributed by atoms with E-state index in [9.17, 15) is 19.7 Å². The number of nitrogens with zero attached hydrogens (tertiary/aromatic N) is 3. The van der Waals surface area contributed by atoms with Gasteiger partial charge in [-0.2, -0.15) is 0 Å². The molecule has 0 aliphatic heterocycles. The Hall–Kier alpha value is -2.61. The second-order valence-corrected chi connectivity index (χ2v) is 6.09. The molecule has 0 radical (unpaired) electrons. The lowest BCUT2D eigenvalue weighted by molar-refractivity contribution is -0.385. The van der Waals surface area contributed by atoms with Gasteiger partial charge in [0.1, 0.15) is 6.54 Å². The molecule has 0 atom stereocenters. The molecular weight excluding hydrogens is 330 g/mol. The van der Waals surface area contributed by atoms with Crippen LogP contribution in [-0.2, 0) is 17.9 Å². The fourth-order valence-corrected chi connectivity index (χ4v) is 2.52. The number of thioether (sulfide) groups is 1. The molecule has 0 bridgehead atoms. The molecule has 126 valence electrons. The normalized spacial score (nSPS) is 10.4. The van der Waals surface area contributed by atoms with E-state index in [-0.39, 0.29) is 18.1 Å². The van der Waals surface area contributed by atoms with Crippen molar-refractivity contribution in [3.63, 3.8) is 0 Å². The average Bonchev–Trinajstić information content (AvgIpc) is 2.57. The quantitative estimate of drug-likeness (QED) is 0.454. The Labute approximate surface area is 143 Å². The predicted molar refractivity (Wildman–Crippen MR) is 92.1 cm³/mol. The number of carbonyl (C=O) groups is 1. The van der Waals surface area contributed by atoms with E-state index in [1.54, 1.807) is 18.8 Å². The molecule has 1 aromatic heterocycles. The van der Waals surface area contributed by atoms with E-state index in [0.29, 0.717) is 6.54 Å². The number of hydrogen-bond acceptors (Lipinski definition) is 5. The number of nitro groups is 1.